The van der Waals surface area contributed by atoms with E-state index in [0.29, 0.717) is 0 Å². The van der Waals surface area contributed by atoms with Crippen molar-refractivity contribution < 1.29 is 31.0 Å². The average molecular weight is 65.1 g/mol. The summed E-state index contributed by atoms with van der Waals surface area (Å²) in [4.78, 5) is 0. The zero-order valence-corrected chi connectivity index (χ0v) is 4.71. The Morgan fingerprint density at radius 3 is 2.00 bits per heavy atom. The maximum atomic E-state index is 5.85. The van der Waals surface area contributed by atoms with Crippen LogP contribution < -0.4 is 29.6 Å². The first-order valence-corrected chi connectivity index (χ1v) is 0.604. The third-order valence-electron chi connectivity index (χ3n) is 0. The Balaban J connectivity index is -0.0000000200. The Morgan fingerprint density at radius 1 is 2.00 bits per heavy atom. The van der Waals surface area contributed by atoms with Crippen molar-refractivity contribution in [3.63, 3.8) is 0 Å². The first-order chi connectivity index (χ1) is 1.41. The molecule has 0 amide bonds. The Hall–Kier alpha value is 0.450. The fourth-order valence-electron chi connectivity index (χ4n) is 0. The predicted octanol–water partition coefficient (Wildman–Crippen LogP) is -2.46. The molecule has 0 aromatic rings. The van der Waals surface area contributed by atoms with Gasteiger partial charge in [-0.3, -0.25) is 5.41 Å². The largest absolute Gasteiger partial charge is 1.00 e. The van der Waals surface area contributed by atoms with Crippen LogP contribution in [0.25, 0.3) is 0 Å². The van der Waals surface area contributed by atoms with Gasteiger partial charge in [-0.25, -0.2) is 0 Å². The van der Waals surface area contributed by atoms with E-state index in [1.54, 1.807) is 5.87 Å². The summed E-state index contributed by atoms with van der Waals surface area (Å²) < 4.78 is 0. The Bertz CT molecular complexity index is 30.6. The molecule has 0 atom stereocenters. The standard InChI is InChI=1S/C2H3N.Na.H/c1-2-3;;/h3H,1H2;;/q;+1;-1. The molecule has 0 saturated carbocycles. The number of hydrogen-bond acceptors (Lipinski definition) is 1. The number of nitrogens with one attached hydrogen (secondary N) is 1. The van der Waals surface area contributed by atoms with Crippen molar-refractivity contribution in [3.8, 4) is 0 Å². The van der Waals surface area contributed by atoms with Crippen LogP contribution in [0.4, 0.5) is 0 Å². The van der Waals surface area contributed by atoms with Gasteiger partial charge in [-0.15, -0.1) is 0 Å². The van der Waals surface area contributed by atoms with Crippen molar-refractivity contribution in [1.82, 2.24) is 0 Å². The molecule has 0 heterocycles. The molecule has 18 valence electrons. The van der Waals surface area contributed by atoms with Crippen LogP contribution in [0.5, 0.6) is 0 Å². The Morgan fingerprint density at radius 2 is 2.00 bits per heavy atom. The topological polar surface area (TPSA) is 23.9 Å². The second-order valence-corrected chi connectivity index (χ2v) is 0.177. The van der Waals surface area contributed by atoms with E-state index in [2.05, 4.69) is 6.58 Å². The van der Waals surface area contributed by atoms with E-state index in [4.69, 9.17) is 5.41 Å². The van der Waals surface area contributed by atoms with Crippen LogP contribution in [-0.4, -0.2) is 5.87 Å². The van der Waals surface area contributed by atoms with Crippen LogP contribution in [0.1, 0.15) is 1.43 Å². The predicted molar refractivity (Wildman–Crippen MR) is 14.5 cm³/mol. The summed E-state index contributed by atoms with van der Waals surface area (Å²) in [7, 11) is 0. The molecule has 0 rings (SSSR count). The zero-order valence-electron chi connectivity index (χ0n) is 3.71. The van der Waals surface area contributed by atoms with E-state index in [-0.39, 0.29) is 31.0 Å². The van der Waals surface area contributed by atoms with Crippen LogP contribution >= 0.6 is 0 Å². The summed E-state index contributed by atoms with van der Waals surface area (Å²) in [6, 6.07) is 0. The molecule has 0 aliphatic carbocycles. The first-order valence-electron chi connectivity index (χ1n) is 0.604. The molecule has 4 heavy (non-hydrogen) atoms. The summed E-state index contributed by atoms with van der Waals surface area (Å²) in [5.74, 6) is 1.75. The third kappa shape index (κ3) is 25.4. The molecule has 0 aromatic heterocycles. The Labute approximate surface area is 49.0 Å². The normalized spacial score (nSPS) is 2.00. The van der Waals surface area contributed by atoms with Gasteiger partial charge in [0.15, 0.2) is 0 Å². The number of hydrogen-bond donors (Lipinski definition) is 1. The van der Waals surface area contributed by atoms with E-state index < -0.39 is 0 Å². The van der Waals surface area contributed by atoms with Gasteiger partial charge in [0.2, 0.25) is 0 Å². The molecule has 0 saturated heterocycles. The monoisotopic (exact) mass is 65.0 g/mol. The Kier molecular flexibility index (Phi) is 21.7. The van der Waals surface area contributed by atoms with Crippen molar-refractivity contribution in [2.24, 2.45) is 0 Å². The number of rotatable bonds is 0. The zero-order chi connectivity index (χ0) is 2.71. The van der Waals surface area contributed by atoms with Crippen LogP contribution in [0, 0.1) is 5.41 Å². The summed E-state index contributed by atoms with van der Waals surface area (Å²) >= 11 is 0. The molecule has 0 aromatic carbocycles. The second-order valence-electron chi connectivity index (χ2n) is 0.177. The quantitative estimate of drug-likeness (QED) is 0.239. The molecule has 0 unspecified atom stereocenters. The van der Waals surface area contributed by atoms with E-state index in [1.165, 1.54) is 0 Å². The van der Waals surface area contributed by atoms with Gasteiger partial charge in [0.25, 0.3) is 0 Å². The molecular formula is C2H4NNa. The molecule has 1 nitrogen and oxygen atoms in total. The summed E-state index contributed by atoms with van der Waals surface area (Å²) in [5.41, 5.74) is 0. The van der Waals surface area contributed by atoms with Crippen molar-refractivity contribution in [2.75, 3.05) is 0 Å². The molecule has 0 bridgehead atoms. The van der Waals surface area contributed by atoms with Gasteiger partial charge < -0.3 is 1.43 Å². The summed E-state index contributed by atoms with van der Waals surface area (Å²) in [6.07, 6.45) is 0. The molecule has 1 N–H and O–H groups in total. The fraction of sp³-hybridized carbons (Fsp3) is 0. The van der Waals surface area contributed by atoms with Crippen molar-refractivity contribution in [2.45, 2.75) is 0 Å². The molecule has 2 heteroatoms. The van der Waals surface area contributed by atoms with Crippen LogP contribution in [0.2, 0.25) is 0 Å². The molecular weight excluding hydrogens is 61.0 g/mol. The summed E-state index contributed by atoms with van der Waals surface area (Å²) in [6.45, 7) is 2.90. The minimum absolute atomic E-state index is 0. The molecule has 0 spiro atoms. The van der Waals surface area contributed by atoms with Gasteiger partial charge in [-0.05, 0) is 12.4 Å². The second kappa shape index (κ2) is 9.85. The average Bonchev–Trinajstić information content (AvgIpc) is 0.918. The van der Waals surface area contributed by atoms with E-state index in [1.807, 2.05) is 0 Å². The maximum absolute atomic E-state index is 5.85. The fourth-order valence-corrected chi connectivity index (χ4v) is 0. The van der Waals surface area contributed by atoms with Gasteiger partial charge in [0.05, 0.1) is 0 Å². The van der Waals surface area contributed by atoms with Gasteiger partial charge in [-0.2, -0.15) is 0 Å². The van der Waals surface area contributed by atoms with Gasteiger partial charge in [0, 0.05) is 0 Å². The van der Waals surface area contributed by atoms with Crippen molar-refractivity contribution >= 4 is 5.87 Å². The van der Waals surface area contributed by atoms with Crippen molar-refractivity contribution in [3.05, 3.63) is 6.58 Å². The van der Waals surface area contributed by atoms with E-state index in [9.17, 15) is 0 Å². The molecule has 0 aliphatic heterocycles. The molecule has 0 aliphatic rings. The minimum atomic E-state index is 0. The van der Waals surface area contributed by atoms with Crippen molar-refractivity contribution in [1.29, 1.82) is 5.41 Å². The SMILES string of the molecule is C=C=N.[H-].[Na+]. The minimum Gasteiger partial charge on any atom is -1.00 e. The first kappa shape index (κ1) is 8.82. The molecule has 0 fully saturated rings. The van der Waals surface area contributed by atoms with E-state index >= 15 is 0 Å². The maximum Gasteiger partial charge on any atom is 1.00 e. The van der Waals surface area contributed by atoms with Crippen LogP contribution in [0.15, 0.2) is 6.58 Å². The smallest absolute Gasteiger partial charge is 1.00 e. The summed E-state index contributed by atoms with van der Waals surface area (Å²) in [5, 5.41) is 5.85. The van der Waals surface area contributed by atoms with Gasteiger partial charge >= 0.3 is 29.6 Å². The van der Waals surface area contributed by atoms with Gasteiger partial charge in [0.1, 0.15) is 0 Å². The van der Waals surface area contributed by atoms with E-state index in [0.717, 1.165) is 0 Å². The van der Waals surface area contributed by atoms with Crippen LogP contribution in [0.3, 0.4) is 0 Å². The van der Waals surface area contributed by atoms with Crippen LogP contribution in [-0.2, 0) is 0 Å². The third-order valence-corrected chi connectivity index (χ3v) is 0. The molecule has 0 radical (unpaired) electrons. The van der Waals surface area contributed by atoms with Gasteiger partial charge in [-0.1, -0.05) is 0 Å².